The largest absolute Gasteiger partial charge is 0.489 e. The van der Waals surface area contributed by atoms with E-state index in [1.807, 2.05) is 19.9 Å². The van der Waals surface area contributed by atoms with Crippen LogP contribution in [0.2, 0.25) is 0 Å². The van der Waals surface area contributed by atoms with E-state index in [9.17, 15) is 9.18 Å². The van der Waals surface area contributed by atoms with E-state index in [1.165, 1.54) is 12.1 Å². The van der Waals surface area contributed by atoms with Gasteiger partial charge in [-0.1, -0.05) is 24.3 Å². The van der Waals surface area contributed by atoms with E-state index in [1.54, 1.807) is 30.3 Å². The fourth-order valence-electron chi connectivity index (χ4n) is 1.77. The highest BCUT2D eigenvalue weighted by atomic mass is 19.1. The van der Waals surface area contributed by atoms with Gasteiger partial charge >= 0.3 is 6.03 Å². The quantitative estimate of drug-likeness (QED) is 0.883. The molecular weight excluding hydrogens is 271 g/mol. The number of halogens is 1. The van der Waals surface area contributed by atoms with E-state index in [4.69, 9.17) is 4.74 Å². The van der Waals surface area contributed by atoms with E-state index in [0.29, 0.717) is 11.4 Å². The number of urea groups is 1. The molecule has 5 heteroatoms. The van der Waals surface area contributed by atoms with Gasteiger partial charge in [0.2, 0.25) is 0 Å². The smallest absolute Gasteiger partial charge is 0.323 e. The second-order valence-electron chi connectivity index (χ2n) is 4.72. The van der Waals surface area contributed by atoms with Gasteiger partial charge in [-0.3, -0.25) is 0 Å². The number of ether oxygens (including phenoxy) is 1. The Morgan fingerprint density at radius 3 is 2.24 bits per heavy atom. The van der Waals surface area contributed by atoms with Gasteiger partial charge in [-0.05, 0) is 38.1 Å². The van der Waals surface area contributed by atoms with Crippen LogP contribution in [0.5, 0.6) is 5.75 Å². The molecule has 0 saturated heterocycles. The lowest BCUT2D eigenvalue weighted by Crippen LogP contribution is -2.21. The summed E-state index contributed by atoms with van der Waals surface area (Å²) < 4.78 is 19.1. The third-order valence-corrected chi connectivity index (χ3v) is 2.62. The monoisotopic (exact) mass is 288 g/mol. The first-order chi connectivity index (χ1) is 10.1. The number of hydrogen-bond acceptors (Lipinski definition) is 2. The molecular formula is C16H17FN2O2. The number of carbonyl (C=O) groups excluding carboxylic acids is 1. The van der Waals surface area contributed by atoms with Crippen molar-refractivity contribution in [2.24, 2.45) is 0 Å². The molecule has 21 heavy (non-hydrogen) atoms. The van der Waals surface area contributed by atoms with Crippen LogP contribution >= 0.6 is 0 Å². The number of benzene rings is 2. The molecule has 2 amide bonds. The zero-order chi connectivity index (χ0) is 15.2. The zero-order valence-electron chi connectivity index (χ0n) is 11.9. The normalized spacial score (nSPS) is 10.3. The summed E-state index contributed by atoms with van der Waals surface area (Å²) in [5.41, 5.74) is 0.650. The van der Waals surface area contributed by atoms with Crippen molar-refractivity contribution in [2.75, 3.05) is 10.6 Å². The number of carbonyl (C=O) groups is 1. The Bertz CT molecular complexity index is 629. The van der Waals surface area contributed by atoms with E-state index >= 15 is 0 Å². The highest BCUT2D eigenvalue weighted by molar-refractivity contribution is 6.00. The van der Waals surface area contributed by atoms with Gasteiger partial charge in [0.1, 0.15) is 11.6 Å². The maximum Gasteiger partial charge on any atom is 0.323 e. The molecule has 2 aromatic carbocycles. The summed E-state index contributed by atoms with van der Waals surface area (Å²) >= 11 is 0. The molecule has 0 aliphatic carbocycles. The maximum absolute atomic E-state index is 13.5. The van der Waals surface area contributed by atoms with Crippen LogP contribution < -0.4 is 15.4 Å². The lowest BCUT2D eigenvalue weighted by atomic mass is 10.3. The van der Waals surface area contributed by atoms with Crippen LogP contribution in [-0.2, 0) is 0 Å². The Kier molecular flexibility index (Phi) is 4.77. The predicted molar refractivity (Wildman–Crippen MR) is 81.2 cm³/mol. The third-order valence-electron chi connectivity index (χ3n) is 2.62. The van der Waals surface area contributed by atoms with Gasteiger partial charge in [-0.2, -0.15) is 0 Å². The minimum Gasteiger partial charge on any atom is -0.489 e. The predicted octanol–water partition coefficient (Wildman–Crippen LogP) is 4.26. The summed E-state index contributed by atoms with van der Waals surface area (Å²) in [6.45, 7) is 3.80. The number of nitrogens with one attached hydrogen (secondary N) is 2. The minimum atomic E-state index is -0.528. The molecule has 2 N–H and O–H groups in total. The SMILES string of the molecule is CC(C)Oc1ccccc1NC(=O)Nc1ccccc1F. The van der Waals surface area contributed by atoms with Gasteiger partial charge in [0.25, 0.3) is 0 Å². The molecule has 0 saturated carbocycles. The molecule has 0 aliphatic rings. The number of rotatable bonds is 4. The molecule has 2 aromatic rings. The number of amides is 2. The summed E-state index contributed by atoms with van der Waals surface area (Å²) in [5, 5.41) is 5.11. The Hall–Kier alpha value is -2.56. The summed E-state index contributed by atoms with van der Waals surface area (Å²) in [7, 11) is 0. The minimum absolute atomic E-state index is 0.0115. The maximum atomic E-state index is 13.5. The molecule has 0 spiro atoms. The van der Waals surface area contributed by atoms with Gasteiger partial charge in [0, 0.05) is 0 Å². The molecule has 0 bridgehead atoms. The third kappa shape index (κ3) is 4.21. The van der Waals surface area contributed by atoms with Crippen molar-refractivity contribution in [1.29, 1.82) is 0 Å². The Morgan fingerprint density at radius 2 is 1.57 bits per heavy atom. The van der Waals surface area contributed by atoms with E-state index in [0.717, 1.165) is 0 Å². The van der Waals surface area contributed by atoms with Crippen LogP contribution in [0.3, 0.4) is 0 Å². The Labute approximate surface area is 122 Å². The molecule has 0 aromatic heterocycles. The number of para-hydroxylation sites is 3. The average molecular weight is 288 g/mol. The van der Waals surface area contributed by atoms with Gasteiger partial charge in [0.15, 0.2) is 0 Å². The van der Waals surface area contributed by atoms with Crippen molar-refractivity contribution in [2.45, 2.75) is 20.0 Å². The molecule has 4 nitrogen and oxygen atoms in total. The van der Waals surface area contributed by atoms with Crippen molar-refractivity contribution in [3.05, 3.63) is 54.3 Å². The summed E-state index contributed by atoms with van der Waals surface area (Å²) in [6, 6.07) is 12.5. The molecule has 0 fully saturated rings. The van der Waals surface area contributed by atoms with E-state index < -0.39 is 11.8 Å². The molecule has 0 radical (unpaired) electrons. The lowest BCUT2D eigenvalue weighted by Gasteiger charge is -2.15. The second kappa shape index (κ2) is 6.74. The Morgan fingerprint density at radius 1 is 1.00 bits per heavy atom. The molecule has 0 unspecified atom stereocenters. The zero-order valence-corrected chi connectivity index (χ0v) is 11.9. The van der Waals surface area contributed by atoms with Crippen LogP contribution in [-0.4, -0.2) is 12.1 Å². The van der Waals surface area contributed by atoms with Crippen LogP contribution in [0.15, 0.2) is 48.5 Å². The fraction of sp³-hybridized carbons (Fsp3) is 0.188. The van der Waals surface area contributed by atoms with Crippen LogP contribution in [0.4, 0.5) is 20.6 Å². The topological polar surface area (TPSA) is 50.4 Å². The van der Waals surface area contributed by atoms with Crippen molar-refractivity contribution in [1.82, 2.24) is 0 Å². The second-order valence-corrected chi connectivity index (χ2v) is 4.72. The summed E-state index contributed by atoms with van der Waals surface area (Å²) in [6.07, 6.45) is -0.0115. The highest BCUT2D eigenvalue weighted by Gasteiger charge is 2.10. The highest BCUT2D eigenvalue weighted by Crippen LogP contribution is 2.25. The lowest BCUT2D eigenvalue weighted by molar-refractivity contribution is 0.243. The van der Waals surface area contributed by atoms with E-state index in [-0.39, 0.29) is 11.8 Å². The standard InChI is InChI=1S/C16H17FN2O2/c1-11(2)21-15-10-6-5-9-14(15)19-16(20)18-13-8-4-3-7-12(13)17/h3-11H,1-2H3,(H2,18,19,20). The van der Waals surface area contributed by atoms with Crippen LogP contribution in [0, 0.1) is 5.82 Å². The van der Waals surface area contributed by atoms with Crippen molar-refractivity contribution >= 4 is 17.4 Å². The summed E-state index contributed by atoms with van der Waals surface area (Å²) in [5.74, 6) is 0.0792. The first kappa shape index (κ1) is 14.8. The van der Waals surface area contributed by atoms with E-state index in [2.05, 4.69) is 10.6 Å². The Balaban J connectivity index is 2.08. The van der Waals surface area contributed by atoms with Crippen LogP contribution in [0.1, 0.15) is 13.8 Å². The van der Waals surface area contributed by atoms with Gasteiger partial charge in [-0.25, -0.2) is 9.18 Å². The fourth-order valence-corrected chi connectivity index (χ4v) is 1.77. The molecule has 0 heterocycles. The van der Waals surface area contributed by atoms with Crippen molar-refractivity contribution in [3.63, 3.8) is 0 Å². The molecule has 2 rings (SSSR count). The number of hydrogen-bond donors (Lipinski definition) is 2. The number of anilines is 2. The van der Waals surface area contributed by atoms with Crippen molar-refractivity contribution < 1.29 is 13.9 Å². The molecule has 0 aliphatic heterocycles. The summed E-state index contributed by atoms with van der Waals surface area (Å²) in [4.78, 5) is 11.9. The van der Waals surface area contributed by atoms with Crippen LogP contribution in [0.25, 0.3) is 0 Å². The molecule has 110 valence electrons. The van der Waals surface area contributed by atoms with Gasteiger partial charge < -0.3 is 15.4 Å². The first-order valence-corrected chi connectivity index (χ1v) is 6.64. The first-order valence-electron chi connectivity index (χ1n) is 6.64. The van der Waals surface area contributed by atoms with Gasteiger partial charge in [-0.15, -0.1) is 0 Å². The van der Waals surface area contributed by atoms with Crippen molar-refractivity contribution in [3.8, 4) is 5.75 Å². The molecule has 0 atom stereocenters. The average Bonchev–Trinajstić information content (AvgIpc) is 2.43. The van der Waals surface area contributed by atoms with Gasteiger partial charge in [0.05, 0.1) is 17.5 Å².